The Balaban J connectivity index is 3.75. The first-order valence-electron chi connectivity index (χ1n) is 4.39. The standard InChI is InChI=1S/C9H19ClN2O/c1-9(2,7-10)8(13)11-5-6-12(3)4/h5-7H2,1-4H3,(H,11,13). The molecule has 0 saturated carbocycles. The smallest absolute Gasteiger partial charge is 0.226 e. The van der Waals surface area contributed by atoms with Gasteiger partial charge < -0.3 is 10.2 Å². The Morgan fingerprint density at radius 3 is 2.38 bits per heavy atom. The molecule has 0 saturated heterocycles. The second-order valence-corrected chi connectivity index (χ2v) is 4.34. The van der Waals surface area contributed by atoms with E-state index in [1.165, 1.54) is 0 Å². The number of alkyl halides is 1. The fourth-order valence-corrected chi connectivity index (χ4v) is 0.814. The molecule has 0 aromatic rings. The monoisotopic (exact) mass is 206 g/mol. The normalized spacial score (nSPS) is 11.8. The summed E-state index contributed by atoms with van der Waals surface area (Å²) in [5, 5.41) is 2.84. The van der Waals surface area contributed by atoms with Crippen LogP contribution in [0.5, 0.6) is 0 Å². The minimum absolute atomic E-state index is 0.0179. The van der Waals surface area contributed by atoms with Crippen molar-refractivity contribution in [3.8, 4) is 0 Å². The van der Waals surface area contributed by atoms with Crippen molar-refractivity contribution in [2.45, 2.75) is 13.8 Å². The third kappa shape index (κ3) is 5.11. The van der Waals surface area contributed by atoms with E-state index in [2.05, 4.69) is 5.32 Å². The van der Waals surface area contributed by atoms with E-state index < -0.39 is 5.41 Å². The average Bonchev–Trinajstić information content (AvgIpc) is 2.03. The van der Waals surface area contributed by atoms with Gasteiger partial charge >= 0.3 is 0 Å². The molecule has 0 fully saturated rings. The molecule has 0 aliphatic heterocycles. The zero-order chi connectivity index (χ0) is 10.5. The summed E-state index contributed by atoms with van der Waals surface area (Å²) in [5.74, 6) is 0.366. The van der Waals surface area contributed by atoms with Crippen LogP contribution in [0.25, 0.3) is 0 Å². The van der Waals surface area contributed by atoms with Gasteiger partial charge in [-0.15, -0.1) is 11.6 Å². The Morgan fingerprint density at radius 2 is 2.00 bits per heavy atom. The van der Waals surface area contributed by atoms with E-state index >= 15 is 0 Å². The molecule has 0 atom stereocenters. The van der Waals surface area contributed by atoms with Crippen LogP contribution in [0.15, 0.2) is 0 Å². The first-order valence-corrected chi connectivity index (χ1v) is 4.92. The maximum Gasteiger partial charge on any atom is 0.226 e. The number of halogens is 1. The molecule has 0 spiro atoms. The van der Waals surface area contributed by atoms with Gasteiger partial charge in [-0.2, -0.15) is 0 Å². The van der Waals surface area contributed by atoms with Crippen molar-refractivity contribution in [1.82, 2.24) is 10.2 Å². The van der Waals surface area contributed by atoms with Gasteiger partial charge in [0.1, 0.15) is 0 Å². The molecule has 0 aliphatic rings. The molecule has 0 rings (SSSR count). The Labute approximate surface area is 85.4 Å². The minimum Gasteiger partial charge on any atom is -0.354 e. The Hall–Kier alpha value is -0.280. The maximum absolute atomic E-state index is 11.5. The second-order valence-electron chi connectivity index (χ2n) is 4.08. The van der Waals surface area contributed by atoms with E-state index in [-0.39, 0.29) is 5.91 Å². The zero-order valence-electron chi connectivity index (χ0n) is 8.85. The summed E-state index contributed by atoms with van der Waals surface area (Å²) < 4.78 is 0. The molecule has 1 amide bonds. The van der Waals surface area contributed by atoms with E-state index in [1.807, 2.05) is 32.8 Å². The van der Waals surface area contributed by atoms with E-state index in [1.54, 1.807) is 0 Å². The molecule has 3 nitrogen and oxygen atoms in total. The first kappa shape index (κ1) is 12.7. The van der Waals surface area contributed by atoms with Gasteiger partial charge in [-0.1, -0.05) is 0 Å². The van der Waals surface area contributed by atoms with Gasteiger partial charge in [-0.3, -0.25) is 4.79 Å². The van der Waals surface area contributed by atoms with Crippen LogP contribution in [0.1, 0.15) is 13.8 Å². The summed E-state index contributed by atoms with van der Waals surface area (Å²) >= 11 is 5.66. The Bertz CT molecular complexity index is 169. The molecule has 0 radical (unpaired) electrons. The molecule has 0 bridgehead atoms. The highest BCUT2D eigenvalue weighted by molar-refractivity contribution is 6.19. The molecule has 0 aromatic heterocycles. The summed E-state index contributed by atoms with van der Waals surface area (Å²) in [7, 11) is 3.94. The van der Waals surface area contributed by atoms with Gasteiger partial charge in [0.2, 0.25) is 5.91 Å². The Morgan fingerprint density at radius 1 is 1.46 bits per heavy atom. The summed E-state index contributed by atoms with van der Waals surface area (Å²) in [4.78, 5) is 13.5. The Kier molecular flexibility index (Phi) is 5.33. The average molecular weight is 207 g/mol. The van der Waals surface area contributed by atoms with Gasteiger partial charge in [0.25, 0.3) is 0 Å². The fourth-order valence-electron chi connectivity index (χ4n) is 0.693. The predicted molar refractivity (Wildman–Crippen MR) is 56.1 cm³/mol. The van der Waals surface area contributed by atoms with Gasteiger partial charge in [-0.05, 0) is 27.9 Å². The molecule has 1 N–H and O–H groups in total. The second kappa shape index (κ2) is 5.45. The molecular weight excluding hydrogens is 188 g/mol. The van der Waals surface area contributed by atoms with E-state index in [4.69, 9.17) is 11.6 Å². The fraction of sp³-hybridized carbons (Fsp3) is 0.889. The molecule has 0 heterocycles. The van der Waals surface area contributed by atoms with Crippen molar-refractivity contribution in [2.75, 3.05) is 33.1 Å². The molecular formula is C9H19ClN2O. The van der Waals surface area contributed by atoms with Gasteiger partial charge in [0.15, 0.2) is 0 Å². The third-order valence-electron chi connectivity index (χ3n) is 1.79. The van der Waals surface area contributed by atoms with Crippen LogP contribution in [0.2, 0.25) is 0 Å². The van der Waals surface area contributed by atoms with Crippen molar-refractivity contribution in [3.05, 3.63) is 0 Å². The van der Waals surface area contributed by atoms with Crippen molar-refractivity contribution < 1.29 is 4.79 Å². The van der Waals surface area contributed by atoms with Crippen molar-refractivity contribution >= 4 is 17.5 Å². The lowest BCUT2D eigenvalue weighted by atomic mass is 9.95. The van der Waals surface area contributed by atoms with Crippen LogP contribution < -0.4 is 5.32 Å². The highest BCUT2D eigenvalue weighted by atomic mass is 35.5. The van der Waals surface area contributed by atoms with Crippen LogP contribution in [0, 0.1) is 5.41 Å². The van der Waals surface area contributed by atoms with Crippen molar-refractivity contribution in [2.24, 2.45) is 5.41 Å². The van der Waals surface area contributed by atoms with Crippen molar-refractivity contribution in [3.63, 3.8) is 0 Å². The number of rotatable bonds is 5. The summed E-state index contributed by atoms with van der Waals surface area (Å²) in [6, 6.07) is 0. The quantitative estimate of drug-likeness (QED) is 0.679. The van der Waals surface area contributed by atoms with Gasteiger partial charge in [-0.25, -0.2) is 0 Å². The van der Waals surface area contributed by atoms with Gasteiger partial charge in [0, 0.05) is 19.0 Å². The molecule has 4 heteroatoms. The first-order chi connectivity index (χ1) is 5.90. The van der Waals surface area contributed by atoms with Gasteiger partial charge in [0.05, 0.1) is 5.41 Å². The number of nitrogens with zero attached hydrogens (tertiary/aromatic N) is 1. The molecule has 78 valence electrons. The summed E-state index contributed by atoms with van der Waals surface area (Å²) in [5.41, 5.74) is -0.464. The largest absolute Gasteiger partial charge is 0.354 e. The lowest BCUT2D eigenvalue weighted by Gasteiger charge is -2.21. The number of carbonyl (C=O) groups excluding carboxylic acids is 1. The summed E-state index contributed by atoms with van der Waals surface area (Å²) in [6.07, 6.45) is 0. The number of hydrogen-bond acceptors (Lipinski definition) is 2. The SMILES string of the molecule is CN(C)CCNC(=O)C(C)(C)CCl. The third-order valence-corrected chi connectivity index (χ3v) is 2.46. The van der Waals surface area contributed by atoms with E-state index in [0.29, 0.717) is 12.4 Å². The number of carbonyl (C=O) groups is 1. The minimum atomic E-state index is -0.464. The van der Waals surface area contributed by atoms with Crippen LogP contribution in [-0.2, 0) is 4.79 Å². The lowest BCUT2D eigenvalue weighted by molar-refractivity contribution is -0.128. The predicted octanol–water partition coefficient (Wildman–Crippen LogP) is 0.929. The number of likely N-dealkylation sites (N-methyl/N-ethyl adjacent to an activating group) is 1. The molecule has 13 heavy (non-hydrogen) atoms. The number of hydrogen-bond donors (Lipinski definition) is 1. The van der Waals surface area contributed by atoms with Crippen molar-refractivity contribution in [1.29, 1.82) is 0 Å². The van der Waals surface area contributed by atoms with Crippen LogP contribution >= 0.6 is 11.6 Å². The summed E-state index contributed by atoms with van der Waals surface area (Å²) in [6.45, 7) is 5.20. The van der Waals surface area contributed by atoms with Crippen LogP contribution in [0.3, 0.4) is 0 Å². The van der Waals surface area contributed by atoms with Crippen LogP contribution in [0.4, 0.5) is 0 Å². The maximum atomic E-state index is 11.5. The highest BCUT2D eigenvalue weighted by Crippen LogP contribution is 2.16. The number of nitrogens with one attached hydrogen (secondary N) is 1. The molecule has 0 aliphatic carbocycles. The van der Waals surface area contributed by atoms with E-state index in [9.17, 15) is 4.79 Å². The van der Waals surface area contributed by atoms with Crippen LogP contribution in [-0.4, -0.2) is 43.9 Å². The number of amides is 1. The highest BCUT2D eigenvalue weighted by Gasteiger charge is 2.25. The lowest BCUT2D eigenvalue weighted by Crippen LogP contribution is -2.40. The molecule has 0 unspecified atom stereocenters. The van der Waals surface area contributed by atoms with E-state index in [0.717, 1.165) is 6.54 Å². The molecule has 0 aromatic carbocycles. The topological polar surface area (TPSA) is 32.3 Å². The zero-order valence-corrected chi connectivity index (χ0v) is 9.61.